The van der Waals surface area contributed by atoms with Crippen LogP contribution in [-0.4, -0.2) is 28.8 Å². The van der Waals surface area contributed by atoms with Crippen molar-refractivity contribution in [2.24, 2.45) is 0 Å². The number of benzene rings is 1. The molecule has 0 aliphatic carbocycles. The molecule has 0 unspecified atom stereocenters. The highest BCUT2D eigenvalue weighted by molar-refractivity contribution is 9.10. The van der Waals surface area contributed by atoms with Crippen LogP contribution in [0.1, 0.15) is 37.0 Å². The van der Waals surface area contributed by atoms with Crippen molar-refractivity contribution in [2.45, 2.75) is 26.7 Å². The summed E-state index contributed by atoms with van der Waals surface area (Å²) in [5, 5.41) is 10.9. The van der Waals surface area contributed by atoms with Crippen LogP contribution < -0.4 is 0 Å². The highest BCUT2D eigenvalue weighted by atomic mass is 79.9. The van der Waals surface area contributed by atoms with Crippen LogP contribution in [0.5, 0.6) is 0 Å². The summed E-state index contributed by atoms with van der Waals surface area (Å²) in [7, 11) is 0. The summed E-state index contributed by atoms with van der Waals surface area (Å²) in [5.41, 5.74) is 0.269. The predicted molar refractivity (Wildman–Crippen MR) is 77.3 cm³/mol. The van der Waals surface area contributed by atoms with Gasteiger partial charge in [0.2, 0.25) is 0 Å². The maximum absolute atomic E-state index is 12.3. The zero-order chi connectivity index (χ0) is 14.4. The topological polar surface area (TPSA) is 63.5 Å². The minimum absolute atomic E-state index is 0.0857. The molecule has 1 amide bonds. The SMILES string of the molecule is CCCCN(CC)C(=O)c1ccc(Br)c([N+](=O)[O-])c1. The van der Waals surface area contributed by atoms with E-state index >= 15 is 0 Å². The van der Waals surface area contributed by atoms with Gasteiger partial charge in [-0.15, -0.1) is 0 Å². The van der Waals surface area contributed by atoms with Gasteiger partial charge >= 0.3 is 0 Å². The average Bonchev–Trinajstić information content (AvgIpc) is 2.39. The number of nitrogens with zero attached hydrogens (tertiary/aromatic N) is 2. The van der Waals surface area contributed by atoms with Gasteiger partial charge in [-0.05, 0) is 41.4 Å². The molecule has 5 nitrogen and oxygen atoms in total. The molecule has 19 heavy (non-hydrogen) atoms. The number of carbonyl (C=O) groups excluding carboxylic acids is 1. The fourth-order valence-electron chi connectivity index (χ4n) is 1.72. The van der Waals surface area contributed by atoms with Gasteiger partial charge in [-0.1, -0.05) is 13.3 Å². The highest BCUT2D eigenvalue weighted by Crippen LogP contribution is 2.26. The Balaban J connectivity index is 2.98. The van der Waals surface area contributed by atoms with Crippen molar-refractivity contribution >= 4 is 27.5 Å². The first-order valence-electron chi connectivity index (χ1n) is 6.24. The van der Waals surface area contributed by atoms with Crippen LogP contribution >= 0.6 is 15.9 Å². The first-order valence-corrected chi connectivity index (χ1v) is 7.03. The molecule has 0 saturated heterocycles. The van der Waals surface area contributed by atoms with Gasteiger partial charge in [0.05, 0.1) is 9.40 Å². The van der Waals surface area contributed by atoms with Crippen LogP contribution in [0.2, 0.25) is 0 Å². The minimum atomic E-state index is -0.497. The van der Waals surface area contributed by atoms with Crippen molar-refractivity contribution in [1.29, 1.82) is 0 Å². The third-order valence-corrected chi connectivity index (χ3v) is 3.51. The molecule has 0 spiro atoms. The molecule has 0 heterocycles. The van der Waals surface area contributed by atoms with Crippen molar-refractivity contribution in [3.8, 4) is 0 Å². The molecule has 0 radical (unpaired) electrons. The molecule has 1 aromatic carbocycles. The first kappa shape index (κ1) is 15.6. The summed E-state index contributed by atoms with van der Waals surface area (Å²) in [6.45, 7) is 5.24. The number of nitro groups is 1. The van der Waals surface area contributed by atoms with Gasteiger partial charge in [0.1, 0.15) is 0 Å². The molecule has 1 aromatic rings. The van der Waals surface area contributed by atoms with E-state index in [9.17, 15) is 14.9 Å². The molecule has 1 rings (SSSR count). The number of hydrogen-bond donors (Lipinski definition) is 0. The van der Waals surface area contributed by atoms with Crippen molar-refractivity contribution in [2.75, 3.05) is 13.1 Å². The van der Waals surface area contributed by atoms with Gasteiger partial charge in [-0.3, -0.25) is 14.9 Å². The monoisotopic (exact) mass is 328 g/mol. The second kappa shape index (κ2) is 7.23. The number of unbranched alkanes of at least 4 members (excludes halogenated alkanes) is 1. The summed E-state index contributed by atoms with van der Waals surface area (Å²) in [5.74, 6) is -0.161. The fraction of sp³-hybridized carbons (Fsp3) is 0.462. The van der Waals surface area contributed by atoms with Crippen LogP contribution in [0.25, 0.3) is 0 Å². The molecule has 0 fully saturated rings. The molecule has 6 heteroatoms. The first-order chi connectivity index (χ1) is 9.01. The Morgan fingerprint density at radius 2 is 2.11 bits per heavy atom. The van der Waals surface area contributed by atoms with Crippen LogP contribution in [0.3, 0.4) is 0 Å². The van der Waals surface area contributed by atoms with Crippen LogP contribution in [0, 0.1) is 10.1 Å². The zero-order valence-electron chi connectivity index (χ0n) is 11.1. The highest BCUT2D eigenvalue weighted by Gasteiger charge is 2.19. The Hall–Kier alpha value is -1.43. The molecule has 0 atom stereocenters. The molecule has 0 aliphatic heterocycles. The molecule has 0 saturated carbocycles. The summed E-state index contributed by atoms with van der Waals surface area (Å²) in [6.07, 6.45) is 1.93. The van der Waals surface area contributed by atoms with Crippen LogP contribution in [0.15, 0.2) is 22.7 Å². The van der Waals surface area contributed by atoms with Crippen molar-refractivity contribution < 1.29 is 9.72 Å². The maximum Gasteiger partial charge on any atom is 0.284 e. The standard InChI is InChI=1S/C13H17BrN2O3/c1-3-5-8-15(4-2)13(17)10-6-7-11(14)12(9-10)16(18)19/h6-7,9H,3-5,8H2,1-2H3. The molecule has 0 bridgehead atoms. The number of hydrogen-bond acceptors (Lipinski definition) is 3. The summed E-state index contributed by atoms with van der Waals surface area (Å²) in [4.78, 5) is 24.3. The lowest BCUT2D eigenvalue weighted by Gasteiger charge is -2.20. The predicted octanol–water partition coefficient (Wildman–Crippen LogP) is 3.62. The Kier molecular flexibility index (Phi) is 5.95. The van der Waals surface area contributed by atoms with Crippen LogP contribution in [0.4, 0.5) is 5.69 Å². The molecule has 104 valence electrons. The molecular formula is C13H17BrN2O3. The third kappa shape index (κ3) is 4.02. The second-order valence-corrected chi connectivity index (χ2v) is 5.02. The van der Waals surface area contributed by atoms with E-state index in [0.29, 0.717) is 23.1 Å². The lowest BCUT2D eigenvalue weighted by molar-refractivity contribution is -0.385. The number of amides is 1. The largest absolute Gasteiger partial charge is 0.339 e. The van der Waals surface area contributed by atoms with Crippen molar-refractivity contribution in [3.05, 3.63) is 38.3 Å². The van der Waals surface area contributed by atoms with E-state index in [1.807, 2.05) is 6.92 Å². The van der Waals surface area contributed by atoms with E-state index in [1.165, 1.54) is 6.07 Å². The Labute approximate surface area is 120 Å². The van der Waals surface area contributed by atoms with Gasteiger partial charge in [0.15, 0.2) is 0 Å². The van der Waals surface area contributed by atoms with E-state index in [-0.39, 0.29) is 11.6 Å². The average molecular weight is 329 g/mol. The van der Waals surface area contributed by atoms with E-state index in [4.69, 9.17) is 0 Å². The number of carbonyl (C=O) groups is 1. The van der Waals surface area contributed by atoms with Gasteiger partial charge in [-0.25, -0.2) is 0 Å². The van der Waals surface area contributed by atoms with Gasteiger partial charge in [0, 0.05) is 24.7 Å². The molecular weight excluding hydrogens is 312 g/mol. The number of halogens is 1. The van der Waals surface area contributed by atoms with E-state index in [0.717, 1.165) is 12.8 Å². The minimum Gasteiger partial charge on any atom is -0.339 e. The lowest BCUT2D eigenvalue weighted by atomic mass is 10.1. The zero-order valence-corrected chi connectivity index (χ0v) is 12.6. The van der Waals surface area contributed by atoms with Gasteiger partial charge in [0.25, 0.3) is 11.6 Å². The van der Waals surface area contributed by atoms with E-state index in [1.54, 1.807) is 17.0 Å². The normalized spacial score (nSPS) is 10.3. The Morgan fingerprint density at radius 1 is 1.42 bits per heavy atom. The quantitative estimate of drug-likeness (QED) is 0.591. The van der Waals surface area contributed by atoms with Gasteiger partial charge in [-0.2, -0.15) is 0 Å². The second-order valence-electron chi connectivity index (χ2n) is 4.16. The summed E-state index contributed by atoms with van der Waals surface area (Å²) >= 11 is 3.11. The lowest BCUT2D eigenvalue weighted by Crippen LogP contribution is -2.31. The van der Waals surface area contributed by atoms with Crippen molar-refractivity contribution in [3.63, 3.8) is 0 Å². The molecule has 0 aromatic heterocycles. The third-order valence-electron chi connectivity index (χ3n) is 2.84. The van der Waals surface area contributed by atoms with Crippen molar-refractivity contribution in [1.82, 2.24) is 4.90 Å². The summed E-state index contributed by atoms with van der Waals surface area (Å²) < 4.78 is 0.380. The fourth-order valence-corrected chi connectivity index (χ4v) is 2.11. The molecule has 0 aliphatic rings. The maximum atomic E-state index is 12.3. The number of rotatable bonds is 6. The number of nitro benzene ring substituents is 1. The molecule has 0 N–H and O–H groups in total. The van der Waals surface area contributed by atoms with Crippen LogP contribution in [-0.2, 0) is 0 Å². The Morgan fingerprint density at radius 3 is 2.63 bits per heavy atom. The van der Waals surface area contributed by atoms with E-state index in [2.05, 4.69) is 22.9 Å². The van der Waals surface area contributed by atoms with Gasteiger partial charge < -0.3 is 4.90 Å². The van der Waals surface area contributed by atoms with E-state index < -0.39 is 4.92 Å². The Bertz CT molecular complexity index is 477. The summed E-state index contributed by atoms with van der Waals surface area (Å²) in [6, 6.07) is 4.47. The smallest absolute Gasteiger partial charge is 0.284 e.